The molecule has 1 heterocycles. The number of ether oxygens (including phenoxy) is 1. The Kier molecular flexibility index (Phi) is 7.02. The number of hydrogen-bond donors (Lipinski definition) is 1. The molecule has 0 aromatic heterocycles. The first-order chi connectivity index (χ1) is 16.2. The molecule has 6 nitrogen and oxygen atoms in total. The third-order valence-corrected chi connectivity index (χ3v) is 6.04. The molecule has 0 radical (unpaired) electrons. The highest BCUT2D eigenvalue weighted by Crippen LogP contribution is 2.30. The average Bonchev–Trinajstić information content (AvgIpc) is 2.77. The standard InChI is InChI=1S/C24H14BrCl2FN2O4/c25-19-9-13(4-7-21(19)34-12-14-5-6-15(26)10-20(14)27)8-18-22(31)29-24(33)30(23(18)32)17-3-1-2-16(28)11-17/h1-11H,12H2,(H,29,31,33)/b18-8+. The summed E-state index contributed by atoms with van der Waals surface area (Å²) >= 11 is 15.5. The van der Waals surface area contributed by atoms with Crippen LogP contribution in [0.3, 0.4) is 0 Å². The monoisotopic (exact) mass is 562 g/mol. The smallest absolute Gasteiger partial charge is 0.335 e. The first kappa shape index (κ1) is 23.9. The van der Waals surface area contributed by atoms with E-state index in [4.69, 9.17) is 27.9 Å². The van der Waals surface area contributed by atoms with E-state index in [0.717, 1.165) is 11.6 Å². The Balaban J connectivity index is 1.56. The number of barbiturate groups is 1. The number of nitrogens with one attached hydrogen (secondary N) is 1. The van der Waals surface area contributed by atoms with Crippen LogP contribution in [0.25, 0.3) is 6.08 Å². The van der Waals surface area contributed by atoms with Crippen molar-refractivity contribution in [3.05, 3.63) is 97.7 Å². The summed E-state index contributed by atoms with van der Waals surface area (Å²) in [6.07, 6.45) is 1.33. The highest BCUT2D eigenvalue weighted by atomic mass is 79.9. The summed E-state index contributed by atoms with van der Waals surface area (Å²) in [6, 6.07) is 14.0. The van der Waals surface area contributed by atoms with Gasteiger partial charge in [-0.1, -0.05) is 41.4 Å². The highest BCUT2D eigenvalue weighted by Gasteiger charge is 2.36. The van der Waals surface area contributed by atoms with E-state index in [9.17, 15) is 18.8 Å². The maximum atomic E-state index is 13.6. The van der Waals surface area contributed by atoms with Crippen LogP contribution < -0.4 is 15.0 Å². The fraction of sp³-hybridized carbons (Fsp3) is 0.0417. The molecular weight excluding hydrogens is 550 g/mol. The van der Waals surface area contributed by atoms with Gasteiger partial charge in [-0.25, -0.2) is 14.1 Å². The van der Waals surface area contributed by atoms with E-state index < -0.39 is 23.7 Å². The van der Waals surface area contributed by atoms with Gasteiger partial charge in [-0.2, -0.15) is 0 Å². The second kappa shape index (κ2) is 9.97. The molecule has 172 valence electrons. The minimum atomic E-state index is -0.955. The van der Waals surface area contributed by atoms with Gasteiger partial charge in [0.2, 0.25) is 0 Å². The van der Waals surface area contributed by atoms with Gasteiger partial charge in [-0.3, -0.25) is 14.9 Å². The number of carbonyl (C=O) groups is 3. The van der Waals surface area contributed by atoms with Gasteiger partial charge in [0.15, 0.2) is 0 Å². The molecule has 34 heavy (non-hydrogen) atoms. The molecule has 0 saturated carbocycles. The first-order valence-electron chi connectivity index (χ1n) is 9.76. The highest BCUT2D eigenvalue weighted by molar-refractivity contribution is 9.10. The Morgan fingerprint density at radius 2 is 1.82 bits per heavy atom. The number of anilines is 1. The van der Waals surface area contributed by atoms with E-state index in [1.807, 2.05) is 0 Å². The summed E-state index contributed by atoms with van der Waals surface area (Å²) in [4.78, 5) is 38.2. The minimum Gasteiger partial charge on any atom is -0.488 e. The van der Waals surface area contributed by atoms with Crippen molar-refractivity contribution in [1.29, 1.82) is 0 Å². The van der Waals surface area contributed by atoms with Gasteiger partial charge in [-0.05, 0) is 70.0 Å². The van der Waals surface area contributed by atoms with Gasteiger partial charge in [0.1, 0.15) is 23.7 Å². The van der Waals surface area contributed by atoms with Crippen LogP contribution in [0.5, 0.6) is 5.75 Å². The van der Waals surface area contributed by atoms with E-state index >= 15 is 0 Å². The predicted molar refractivity (Wildman–Crippen MR) is 130 cm³/mol. The molecule has 0 bridgehead atoms. The molecule has 1 fully saturated rings. The second-order valence-corrected chi connectivity index (χ2v) is 8.85. The van der Waals surface area contributed by atoms with Gasteiger partial charge in [0.25, 0.3) is 11.8 Å². The molecule has 1 saturated heterocycles. The molecule has 1 aliphatic rings. The Morgan fingerprint density at radius 1 is 1.03 bits per heavy atom. The molecule has 10 heteroatoms. The minimum absolute atomic E-state index is 0.00619. The molecule has 1 aliphatic heterocycles. The summed E-state index contributed by atoms with van der Waals surface area (Å²) in [7, 11) is 0. The maximum absolute atomic E-state index is 13.6. The molecule has 0 unspecified atom stereocenters. The van der Waals surface area contributed by atoms with E-state index in [1.165, 1.54) is 24.3 Å². The average molecular weight is 564 g/mol. The van der Waals surface area contributed by atoms with Crippen LogP contribution in [0.2, 0.25) is 10.0 Å². The van der Waals surface area contributed by atoms with Gasteiger partial charge in [0, 0.05) is 15.6 Å². The molecule has 4 amide bonds. The zero-order valence-corrected chi connectivity index (χ0v) is 20.2. The molecule has 4 rings (SSSR count). The number of hydrogen-bond acceptors (Lipinski definition) is 4. The van der Waals surface area contributed by atoms with E-state index in [-0.39, 0.29) is 17.9 Å². The van der Waals surface area contributed by atoms with Crippen molar-refractivity contribution in [3.8, 4) is 5.75 Å². The van der Waals surface area contributed by atoms with Crippen LogP contribution in [-0.4, -0.2) is 17.8 Å². The lowest BCUT2D eigenvalue weighted by Crippen LogP contribution is -2.54. The Bertz CT molecular complexity index is 1360. The molecule has 0 atom stereocenters. The van der Waals surface area contributed by atoms with Gasteiger partial charge in [0.05, 0.1) is 10.2 Å². The van der Waals surface area contributed by atoms with Crippen LogP contribution in [-0.2, 0) is 16.2 Å². The topological polar surface area (TPSA) is 75.7 Å². The predicted octanol–water partition coefficient (Wildman–Crippen LogP) is 6.14. The Morgan fingerprint density at radius 3 is 2.53 bits per heavy atom. The first-order valence-corrected chi connectivity index (χ1v) is 11.3. The van der Waals surface area contributed by atoms with E-state index in [1.54, 1.807) is 36.4 Å². The SMILES string of the molecule is O=C1NC(=O)N(c2cccc(F)c2)C(=O)/C1=C/c1ccc(OCc2ccc(Cl)cc2Cl)c(Br)c1. The van der Waals surface area contributed by atoms with E-state index in [2.05, 4.69) is 21.2 Å². The van der Waals surface area contributed by atoms with Crippen LogP contribution in [0, 0.1) is 5.82 Å². The third-order valence-electron chi connectivity index (χ3n) is 4.83. The molecular formula is C24H14BrCl2FN2O4. The zero-order valence-electron chi connectivity index (χ0n) is 17.2. The van der Waals surface area contributed by atoms with Crippen LogP contribution >= 0.6 is 39.1 Å². The van der Waals surface area contributed by atoms with Crippen molar-refractivity contribution < 1.29 is 23.5 Å². The maximum Gasteiger partial charge on any atom is 0.335 e. The molecule has 3 aromatic rings. The van der Waals surface area contributed by atoms with Crippen molar-refractivity contribution in [1.82, 2.24) is 5.32 Å². The number of amides is 4. The summed E-state index contributed by atoms with van der Waals surface area (Å²) in [6.45, 7) is 0.195. The zero-order chi connectivity index (χ0) is 24.4. The van der Waals surface area contributed by atoms with Crippen LogP contribution in [0.4, 0.5) is 14.9 Å². The van der Waals surface area contributed by atoms with Crippen molar-refractivity contribution in [2.24, 2.45) is 0 Å². The number of halogens is 4. The Labute approximate surface area is 212 Å². The lowest BCUT2D eigenvalue weighted by atomic mass is 10.1. The number of nitrogens with zero attached hydrogens (tertiary/aromatic N) is 1. The van der Waals surface area contributed by atoms with Gasteiger partial charge < -0.3 is 4.74 Å². The van der Waals surface area contributed by atoms with Crippen molar-refractivity contribution >= 4 is 68.7 Å². The molecule has 0 spiro atoms. The fourth-order valence-electron chi connectivity index (χ4n) is 3.19. The largest absolute Gasteiger partial charge is 0.488 e. The third kappa shape index (κ3) is 5.14. The fourth-order valence-corrected chi connectivity index (χ4v) is 4.17. The van der Waals surface area contributed by atoms with Crippen molar-refractivity contribution in [2.45, 2.75) is 6.61 Å². The summed E-state index contributed by atoms with van der Waals surface area (Å²) < 4.78 is 20.0. The van der Waals surface area contributed by atoms with Crippen LogP contribution in [0.1, 0.15) is 11.1 Å². The molecule has 3 aromatic carbocycles. The van der Waals surface area contributed by atoms with Crippen molar-refractivity contribution in [2.75, 3.05) is 4.90 Å². The summed E-state index contributed by atoms with van der Waals surface area (Å²) in [5.41, 5.74) is 0.968. The van der Waals surface area contributed by atoms with Crippen LogP contribution in [0.15, 0.2) is 70.7 Å². The molecule has 1 N–H and O–H groups in total. The number of imide groups is 2. The second-order valence-electron chi connectivity index (χ2n) is 7.15. The van der Waals surface area contributed by atoms with Gasteiger partial charge >= 0.3 is 6.03 Å². The number of benzene rings is 3. The lowest BCUT2D eigenvalue weighted by molar-refractivity contribution is -0.122. The van der Waals surface area contributed by atoms with E-state index in [0.29, 0.717) is 30.7 Å². The number of urea groups is 1. The lowest BCUT2D eigenvalue weighted by Gasteiger charge is -2.26. The van der Waals surface area contributed by atoms with Gasteiger partial charge in [-0.15, -0.1) is 0 Å². The quantitative estimate of drug-likeness (QED) is 0.299. The molecule has 0 aliphatic carbocycles. The van der Waals surface area contributed by atoms with Crippen molar-refractivity contribution in [3.63, 3.8) is 0 Å². The Hall–Kier alpha value is -3.20. The number of rotatable bonds is 5. The summed E-state index contributed by atoms with van der Waals surface area (Å²) in [5.74, 6) is -1.84. The summed E-state index contributed by atoms with van der Waals surface area (Å²) in [5, 5.41) is 3.10. The normalized spacial score (nSPS) is 15.0. The number of carbonyl (C=O) groups excluding carboxylic acids is 3.